The molecule has 1 N–H and O–H groups in total. The molecule has 1 saturated carbocycles. The Labute approximate surface area is 102 Å². The highest BCUT2D eigenvalue weighted by molar-refractivity contribution is 4.84. The molecule has 1 fully saturated rings. The van der Waals surface area contributed by atoms with Crippen molar-refractivity contribution < 1.29 is 0 Å². The number of hydrogen-bond acceptors (Lipinski definition) is 1. The van der Waals surface area contributed by atoms with Gasteiger partial charge in [-0.3, -0.25) is 0 Å². The number of nitrogens with one attached hydrogen (secondary N) is 1. The van der Waals surface area contributed by atoms with Crippen LogP contribution in [0.25, 0.3) is 0 Å². The molecule has 1 heteroatoms. The molecule has 1 aliphatic carbocycles. The van der Waals surface area contributed by atoms with Crippen LogP contribution in [-0.2, 0) is 0 Å². The summed E-state index contributed by atoms with van der Waals surface area (Å²) in [4.78, 5) is 0. The van der Waals surface area contributed by atoms with Gasteiger partial charge in [-0.2, -0.15) is 0 Å². The molecular formula is C15H31N. The SMILES string of the molecule is CCC1CCC(C(CC(CC)CC)NC)C1. The van der Waals surface area contributed by atoms with E-state index in [4.69, 9.17) is 0 Å². The van der Waals surface area contributed by atoms with Gasteiger partial charge in [-0.25, -0.2) is 0 Å². The van der Waals surface area contributed by atoms with Gasteiger partial charge in [-0.1, -0.05) is 46.5 Å². The Morgan fingerprint density at radius 3 is 2.25 bits per heavy atom. The summed E-state index contributed by atoms with van der Waals surface area (Å²) in [5, 5.41) is 3.59. The maximum atomic E-state index is 3.59. The van der Waals surface area contributed by atoms with Crippen LogP contribution in [0.5, 0.6) is 0 Å². The maximum absolute atomic E-state index is 3.59. The summed E-state index contributed by atoms with van der Waals surface area (Å²) in [7, 11) is 2.16. The monoisotopic (exact) mass is 225 g/mol. The highest BCUT2D eigenvalue weighted by Gasteiger charge is 2.29. The van der Waals surface area contributed by atoms with Crippen molar-refractivity contribution in [3.8, 4) is 0 Å². The van der Waals surface area contributed by atoms with Crippen molar-refractivity contribution in [3.05, 3.63) is 0 Å². The average molecular weight is 225 g/mol. The fourth-order valence-electron chi connectivity index (χ4n) is 3.38. The van der Waals surface area contributed by atoms with E-state index in [1.54, 1.807) is 0 Å². The summed E-state index contributed by atoms with van der Waals surface area (Å²) >= 11 is 0. The molecule has 3 atom stereocenters. The van der Waals surface area contributed by atoms with Crippen molar-refractivity contribution >= 4 is 0 Å². The quantitative estimate of drug-likeness (QED) is 0.684. The molecule has 16 heavy (non-hydrogen) atoms. The minimum atomic E-state index is 0.779. The normalized spacial score (nSPS) is 27.6. The van der Waals surface area contributed by atoms with Crippen molar-refractivity contribution in [3.63, 3.8) is 0 Å². The lowest BCUT2D eigenvalue weighted by Gasteiger charge is -2.27. The highest BCUT2D eigenvalue weighted by Crippen LogP contribution is 2.36. The summed E-state index contributed by atoms with van der Waals surface area (Å²) in [6.45, 7) is 7.02. The summed E-state index contributed by atoms with van der Waals surface area (Å²) in [6, 6.07) is 0.779. The van der Waals surface area contributed by atoms with Gasteiger partial charge in [0, 0.05) is 6.04 Å². The lowest BCUT2D eigenvalue weighted by Crippen LogP contribution is -2.34. The Hall–Kier alpha value is -0.0400. The van der Waals surface area contributed by atoms with Crippen LogP contribution in [0.3, 0.4) is 0 Å². The predicted octanol–water partition coefficient (Wildman–Crippen LogP) is 4.23. The van der Waals surface area contributed by atoms with E-state index in [0.29, 0.717) is 0 Å². The van der Waals surface area contributed by atoms with Gasteiger partial charge in [-0.05, 0) is 44.1 Å². The van der Waals surface area contributed by atoms with Crippen molar-refractivity contribution in [2.24, 2.45) is 17.8 Å². The molecule has 96 valence electrons. The molecule has 0 aromatic carbocycles. The Morgan fingerprint density at radius 1 is 1.12 bits per heavy atom. The van der Waals surface area contributed by atoms with Crippen LogP contribution in [0.2, 0.25) is 0 Å². The molecule has 0 saturated heterocycles. The summed E-state index contributed by atoms with van der Waals surface area (Å²) in [6.07, 6.45) is 9.88. The fourth-order valence-corrected chi connectivity index (χ4v) is 3.38. The zero-order valence-corrected chi connectivity index (χ0v) is 11.8. The van der Waals surface area contributed by atoms with Gasteiger partial charge < -0.3 is 5.32 Å². The average Bonchev–Trinajstić information content (AvgIpc) is 2.79. The fraction of sp³-hybridized carbons (Fsp3) is 1.00. The summed E-state index contributed by atoms with van der Waals surface area (Å²) < 4.78 is 0. The smallest absolute Gasteiger partial charge is 0.00950 e. The first-order chi connectivity index (χ1) is 7.74. The molecule has 1 rings (SSSR count). The summed E-state index contributed by atoms with van der Waals surface area (Å²) in [5.74, 6) is 2.90. The Morgan fingerprint density at radius 2 is 1.81 bits per heavy atom. The molecule has 3 unspecified atom stereocenters. The van der Waals surface area contributed by atoms with Gasteiger partial charge in [0.1, 0.15) is 0 Å². The van der Waals surface area contributed by atoms with Crippen LogP contribution in [0, 0.1) is 17.8 Å². The highest BCUT2D eigenvalue weighted by atomic mass is 14.9. The van der Waals surface area contributed by atoms with Crippen molar-refractivity contribution in [2.75, 3.05) is 7.05 Å². The second kappa shape index (κ2) is 7.32. The molecule has 1 nitrogen and oxygen atoms in total. The first-order valence-corrected chi connectivity index (χ1v) is 7.42. The zero-order chi connectivity index (χ0) is 12.0. The molecule has 1 aliphatic rings. The Bertz CT molecular complexity index is 174. The van der Waals surface area contributed by atoms with Crippen LogP contribution in [0.15, 0.2) is 0 Å². The molecule has 0 aromatic heterocycles. The molecule has 0 aliphatic heterocycles. The van der Waals surface area contributed by atoms with E-state index < -0.39 is 0 Å². The maximum Gasteiger partial charge on any atom is 0.00950 e. The third-order valence-electron chi connectivity index (χ3n) is 4.84. The lowest BCUT2D eigenvalue weighted by molar-refractivity contribution is 0.290. The van der Waals surface area contributed by atoms with Crippen LogP contribution in [0.1, 0.15) is 65.7 Å². The van der Waals surface area contributed by atoms with E-state index in [9.17, 15) is 0 Å². The third-order valence-corrected chi connectivity index (χ3v) is 4.84. The van der Waals surface area contributed by atoms with Gasteiger partial charge in [0.15, 0.2) is 0 Å². The van der Waals surface area contributed by atoms with E-state index >= 15 is 0 Å². The molecule has 0 radical (unpaired) electrons. The van der Waals surface area contributed by atoms with Gasteiger partial charge >= 0.3 is 0 Å². The van der Waals surface area contributed by atoms with Crippen molar-refractivity contribution in [2.45, 2.75) is 71.8 Å². The molecule has 0 bridgehead atoms. The first kappa shape index (κ1) is 14.0. The largest absolute Gasteiger partial charge is 0.317 e. The number of rotatable bonds is 7. The van der Waals surface area contributed by atoms with Gasteiger partial charge in [0.05, 0.1) is 0 Å². The Balaban J connectivity index is 2.42. The van der Waals surface area contributed by atoms with Crippen LogP contribution >= 0.6 is 0 Å². The Kier molecular flexibility index (Phi) is 6.41. The molecular weight excluding hydrogens is 194 g/mol. The van der Waals surface area contributed by atoms with E-state index in [1.807, 2.05) is 0 Å². The van der Waals surface area contributed by atoms with Crippen molar-refractivity contribution in [1.29, 1.82) is 0 Å². The van der Waals surface area contributed by atoms with E-state index in [0.717, 1.165) is 23.8 Å². The van der Waals surface area contributed by atoms with E-state index in [2.05, 4.69) is 33.1 Å². The summed E-state index contributed by atoms with van der Waals surface area (Å²) in [5.41, 5.74) is 0. The molecule has 0 aromatic rings. The van der Waals surface area contributed by atoms with Gasteiger partial charge in [0.25, 0.3) is 0 Å². The lowest BCUT2D eigenvalue weighted by atomic mass is 9.86. The second-order valence-corrected chi connectivity index (χ2v) is 5.66. The molecule has 0 amide bonds. The third kappa shape index (κ3) is 3.76. The standard InChI is InChI=1S/C15H31N/c1-5-12(6-2)11-15(16-4)14-9-8-13(7-3)10-14/h12-16H,5-11H2,1-4H3. The van der Waals surface area contributed by atoms with Crippen LogP contribution in [-0.4, -0.2) is 13.1 Å². The van der Waals surface area contributed by atoms with E-state index in [1.165, 1.54) is 44.9 Å². The van der Waals surface area contributed by atoms with Crippen LogP contribution < -0.4 is 5.32 Å². The zero-order valence-electron chi connectivity index (χ0n) is 11.8. The van der Waals surface area contributed by atoms with E-state index in [-0.39, 0.29) is 0 Å². The molecule has 0 spiro atoms. The van der Waals surface area contributed by atoms with Gasteiger partial charge in [0.2, 0.25) is 0 Å². The first-order valence-electron chi connectivity index (χ1n) is 7.42. The number of hydrogen-bond donors (Lipinski definition) is 1. The topological polar surface area (TPSA) is 12.0 Å². The predicted molar refractivity (Wildman–Crippen MR) is 72.7 cm³/mol. The molecule has 0 heterocycles. The van der Waals surface area contributed by atoms with Crippen LogP contribution in [0.4, 0.5) is 0 Å². The minimum Gasteiger partial charge on any atom is -0.317 e. The minimum absolute atomic E-state index is 0.779. The van der Waals surface area contributed by atoms with Gasteiger partial charge in [-0.15, -0.1) is 0 Å². The second-order valence-electron chi connectivity index (χ2n) is 5.66. The van der Waals surface area contributed by atoms with Crippen molar-refractivity contribution in [1.82, 2.24) is 5.32 Å².